The summed E-state index contributed by atoms with van der Waals surface area (Å²) in [6.45, 7) is 5.12. The van der Waals surface area contributed by atoms with Gasteiger partial charge < -0.3 is 10.2 Å². The molecule has 1 rings (SSSR count). The zero-order valence-electron chi connectivity index (χ0n) is 9.36. The van der Waals surface area contributed by atoms with Crippen LogP contribution in [0, 0.1) is 5.92 Å². The third-order valence-corrected chi connectivity index (χ3v) is 2.05. The van der Waals surface area contributed by atoms with E-state index in [1.165, 1.54) is 6.42 Å². The first kappa shape index (κ1) is 11.8. The summed E-state index contributed by atoms with van der Waals surface area (Å²) in [5, 5.41) is 0. The summed E-state index contributed by atoms with van der Waals surface area (Å²) in [7, 11) is 0. The molecule has 0 aliphatic rings. The Balaban J connectivity index is 2.30. The molecule has 1 aromatic heterocycles. The van der Waals surface area contributed by atoms with Crippen LogP contribution in [-0.4, -0.2) is 11.6 Å². The van der Waals surface area contributed by atoms with E-state index in [2.05, 4.69) is 24.3 Å². The topological polar surface area (TPSA) is 60.2 Å². The van der Waals surface area contributed by atoms with Crippen LogP contribution in [0.1, 0.15) is 26.7 Å². The number of nitrogens with one attached hydrogen (secondary N) is 1. The van der Waals surface area contributed by atoms with Crippen LogP contribution >= 0.6 is 0 Å². The summed E-state index contributed by atoms with van der Waals surface area (Å²) in [6.07, 6.45) is 2.23. The normalized spacial score (nSPS) is 10.4. The van der Waals surface area contributed by atoms with E-state index in [1.54, 1.807) is 6.07 Å². The van der Waals surface area contributed by atoms with Crippen molar-refractivity contribution in [3.63, 3.8) is 0 Å². The van der Waals surface area contributed by atoms with Crippen LogP contribution in [0.15, 0.2) is 18.2 Å². The van der Waals surface area contributed by atoms with Crippen molar-refractivity contribution < 1.29 is 4.74 Å². The number of nitrogen functional groups attached to an aromatic ring is 1. The van der Waals surface area contributed by atoms with E-state index in [1.807, 2.05) is 12.1 Å². The average Bonchev–Trinajstić information content (AvgIpc) is 2.24. The van der Waals surface area contributed by atoms with Crippen molar-refractivity contribution in [2.24, 2.45) is 11.8 Å². The maximum absolute atomic E-state index is 5.49. The Hall–Kier alpha value is -1.29. The molecule has 0 atom stereocenters. The molecule has 0 spiro atoms. The van der Waals surface area contributed by atoms with E-state index < -0.39 is 0 Å². The van der Waals surface area contributed by atoms with Gasteiger partial charge >= 0.3 is 0 Å². The largest absolute Gasteiger partial charge is 0.478 e. The number of nitrogens with two attached hydrogens (primary N) is 1. The van der Waals surface area contributed by atoms with Crippen LogP contribution in [0.25, 0.3) is 0 Å². The highest BCUT2D eigenvalue weighted by Crippen LogP contribution is 2.11. The molecule has 0 saturated carbocycles. The van der Waals surface area contributed by atoms with Gasteiger partial charge in [-0.3, -0.25) is 0 Å². The Morgan fingerprint density at radius 3 is 2.93 bits per heavy atom. The molecule has 0 aromatic carbocycles. The number of anilines is 1. The fourth-order valence-electron chi connectivity index (χ4n) is 1.24. The smallest absolute Gasteiger partial charge is 0.215 e. The Kier molecular flexibility index (Phi) is 4.90. The van der Waals surface area contributed by atoms with Crippen LogP contribution in [0.3, 0.4) is 0 Å². The average molecular weight is 209 g/mol. The molecule has 0 radical (unpaired) electrons. The van der Waals surface area contributed by atoms with Crippen molar-refractivity contribution in [2.45, 2.75) is 26.7 Å². The molecule has 84 valence electrons. The lowest BCUT2D eigenvalue weighted by atomic mass is 10.1. The molecular weight excluding hydrogens is 190 g/mol. The fraction of sp³-hybridized carbons (Fsp3) is 0.545. The molecule has 1 heterocycles. The minimum Gasteiger partial charge on any atom is -0.478 e. The monoisotopic (exact) mass is 209 g/mol. The molecule has 0 saturated heterocycles. The fourth-order valence-corrected chi connectivity index (χ4v) is 1.24. The number of aromatic nitrogens is 1. The van der Waals surface area contributed by atoms with Gasteiger partial charge in [-0.2, -0.15) is 4.98 Å². The highest BCUT2D eigenvalue weighted by Gasteiger charge is 1.98. The summed E-state index contributed by atoms with van der Waals surface area (Å²) in [4.78, 5) is 4.15. The van der Waals surface area contributed by atoms with Gasteiger partial charge in [0.15, 0.2) is 0 Å². The maximum Gasteiger partial charge on any atom is 0.215 e. The molecule has 0 aliphatic carbocycles. The van der Waals surface area contributed by atoms with E-state index in [9.17, 15) is 0 Å². The first-order valence-corrected chi connectivity index (χ1v) is 5.29. The van der Waals surface area contributed by atoms with Crippen LogP contribution in [0.5, 0.6) is 5.88 Å². The van der Waals surface area contributed by atoms with Gasteiger partial charge in [-0.05, 0) is 24.8 Å². The maximum atomic E-state index is 5.49. The Labute approximate surface area is 90.8 Å². The highest BCUT2D eigenvalue weighted by atomic mass is 16.5. The zero-order chi connectivity index (χ0) is 11.1. The number of pyridine rings is 1. The van der Waals surface area contributed by atoms with Gasteiger partial charge in [-0.15, -0.1) is 0 Å². The number of nitrogens with zero attached hydrogens (tertiary/aromatic N) is 1. The molecule has 0 unspecified atom stereocenters. The third-order valence-electron chi connectivity index (χ3n) is 2.05. The molecule has 3 N–H and O–H groups in total. The summed E-state index contributed by atoms with van der Waals surface area (Å²) in [6, 6.07) is 5.48. The minimum atomic E-state index is 0.620. The van der Waals surface area contributed by atoms with Crippen molar-refractivity contribution in [2.75, 3.05) is 12.0 Å². The lowest BCUT2D eigenvalue weighted by Crippen LogP contribution is -2.09. The lowest BCUT2D eigenvalue weighted by Gasteiger charge is -2.07. The van der Waals surface area contributed by atoms with Gasteiger partial charge in [-0.25, -0.2) is 5.84 Å². The first-order valence-electron chi connectivity index (χ1n) is 5.29. The third kappa shape index (κ3) is 4.65. The van der Waals surface area contributed by atoms with E-state index in [0.29, 0.717) is 18.3 Å². The second-order valence-electron chi connectivity index (χ2n) is 3.89. The number of hydrogen-bond acceptors (Lipinski definition) is 4. The van der Waals surface area contributed by atoms with Gasteiger partial charge in [0.2, 0.25) is 5.88 Å². The molecule has 4 heteroatoms. The van der Waals surface area contributed by atoms with Crippen molar-refractivity contribution in [1.29, 1.82) is 0 Å². The molecule has 0 bridgehead atoms. The van der Waals surface area contributed by atoms with Crippen molar-refractivity contribution in [1.82, 2.24) is 4.98 Å². The summed E-state index contributed by atoms with van der Waals surface area (Å²) in [5.41, 5.74) is 2.48. The standard InChI is InChI=1S/C11H19N3O/c1-9(2)5-4-8-15-11-7-3-6-10(13-11)14-12/h3,6-7,9H,4-5,8,12H2,1-2H3,(H,13,14). The second kappa shape index (κ2) is 6.24. The van der Waals surface area contributed by atoms with Gasteiger partial charge in [-0.1, -0.05) is 19.9 Å². The van der Waals surface area contributed by atoms with Crippen LogP contribution in [0.4, 0.5) is 5.82 Å². The Morgan fingerprint density at radius 2 is 2.27 bits per heavy atom. The van der Waals surface area contributed by atoms with E-state index in [-0.39, 0.29) is 0 Å². The Bertz CT molecular complexity index is 289. The number of hydrazine groups is 1. The first-order chi connectivity index (χ1) is 7.22. The predicted molar refractivity (Wildman–Crippen MR) is 61.6 cm³/mol. The summed E-state index contributed by atoms with van der Waals surface area (Å²) < 4.78 is 5.49. The van der Waals surface area contributed by atoms with Crippen molar-refractivity contribution >= 4 is 5.82 Å². The molecule has 0 amide bonds. The number of hydrogen-bond donors (Lipinski definition) is 2. The summed E-state index contributed by atoms with van der Waals surface area (Å²) >= 11 is 0. The van der Waals surface area contributed by atoms with Crippen molar-refractivity contribution in [3.8, 4) is 5.88 Å². The van der Waals surface area contributed by atoms with Gasteiger partial charge in [0.1, 0.15) is 5.82 Å². The molecule has 0 fully saturated rings. The minimum absolute atomic E-state index is 0.620. The predicted octanol–water partition coefficient (Wildman–Crippen LogP) is 2.18. The molecule has 4 nitrogen and oxygen atoms in total. The molecule has 0 aliphatic heterocycles. The molecular formula is C11H19N3O. The van der Waals surface area contributed by atoms with Crippen LogP contribution in [-0.2, 0) is 0 Å². The molecule has 1 aromatic rings. The number of rotatable bonds is 6. The number of ether oxygens (including phenoxy) is 1. The SMILES string of the molecule is CC(C)CCCOc1cccc(NN)n1. The van der Waals surface area contributed by atoms with E-state index in [4.69, 9.17) is 10.6 Å². The Morgan fingerprint density at radius 1 is 1.47 bits per heavy atom. The highest BCUT2D eigenvalue weighted by molar-refractivity contribution is 5.35. The summed E-state index contributed by atoms with van der Waals surface area (Å²) in [5.74, 6) is 7.21. The van der Waals surface area contributed by atoms with Gasteiger partial charge in [0.05, 0.1) is 6.61 Å². The van der Waals surface area contributed by atoms with Crippen LogP contribution < -0.4 is 16.0 Å². The van der Waals surface area contributed by atoms with E-state index in [0.717, 1.165) is 12.3 Å². The lowest BCUT2D eigenvalue weighted by molar-refractivity contribution is 0.287. The van der Waals surface area contributed by atoms with E-state index >= 15 is 0 Å². The van der Waals surface area contributed by atoms with Gasteiger partial charge in [0.25, 0.3) is 0 Å². The van der Waals surface area contributed by atoms with Crippen LogP contribution in [0.2, 0.25) is 0 Å². The quantitative estimate of drug-likeness (QED) is 0.428. The zero-order valence-corrected chi connectivity index (χ0v) is 9.36. The molecule has 15 heavy (non-hydrogen) atoms. The van der Waals surface area contributed by atoms with Crippen molar-refractivity contribution in [3.05, 3.63) is 18.2 Å². The van der Waals surface area contributed by atoms with Gasteiger partial charge in [0, 0.05) is 6.07 Å². The second-order valence-corrected chi connectivity index (χ2v) is 3.89.